The normalized spacial score (nSPS) is 15.5. The lowest BCUT2D eigenvalue weighted by atomic mass is 10.0. The molecule has 2 amide bonds. The van der Waals surface area contributed by atoms with E-state index in [0.717, 1.165) is 5.56 Å². The summed E-state index contributed by atoms with van der Waals surface area (Å²) in [5.41, 5.74) is 1.51. The third-order valence-corrected chi connectivity index (χ3v) is 4.48. The van der Waals surface area contributed by atoms with Crippen LogP contribution in [-0.2, 0) is 9.59 Å². The van der Waals surface area contributed by atoms with Crippen LogP contribution < -0.4 is 15.4 Å². The smallest absolute Gasteiger partial charge is 0.262 e. The molecule has 2 heterocycles. The van der Waals surface area contributed by atoms with Gasteiger partial charge in [-0.15, -0.1) is 0 Å². The van der Waals surface area contributed by atoms with E-state index in [0.29, 0.717) is 22.4 Å². The van der Waals surface area contributed by atoms with Crippen molar-refractivity contribution in [1.82, 2.24) is 14.8 Å². The zero-order chi connectivity index (χ0) is 19.5. The number of nitrogens with zero attached hydrogens (tertiary/aromatic N) is 3. The third kappa shape index (κ3) is 3.96. The molecule has 8 nitrogen and oxygen atoms in total. The van der Waals surface area contributed by atoms with Crippen molar-refractivity contribution in [3.8, 4) is 5.75 Å². The van der Waals surface area contributed by atoms with Crippen LogP contribution in [0, 0.1) is 0 Å². The summed E-state index contributed by atoms with van der Waals surface area (Å²) in [6, 6.07) is 13.9. The van der Waals surface area contributed by atoms with Crippen LogP contribution in [0.5, 0.6) is 5.75 Å². The molecule has 1 aromatic heterocycles. The molecule has 0 spiro atoms. The summed E-state index contributed by atoms with van der Waals surface area (Å²) in [7, 11) is 0. The van der Waals surface area contributed by atoms with Gasteiger partial charge >= 0.3 is 0 Å². The average Bonchev–Trinajstić information content (AvgIpc) is 3.14. The Kier molecular flexibility index (Phi) is 4.94. The minimum absolute atomic E-state index is 0.108. The van der Waals surface area contributed by atoms with E-state index in [1.165, 1.54) is 6.33 Å². The first kappa shape index (κ1) is 18.0. The van der Waals surface area contributed by atoms with Crippen molar-refractivity contribution in [2.24, 2.45) is 0 Å². The fourth-order valence-electron chi connectivity index (χ4n) is 2.96. The number of hydrogen-bond acceptors (Lipinski definition) is 5. The molecule has 2 aromatic carbocycles. The van der Waals surface area contributed by atoms with E-state index in [1.807, 2.05) is 12.1 Å². The van der Waals surface area contributed by atoms with E-state index < -0.39 is 0 Å². The van der Waals surface area contributed by atoms with Crippen molar-refractivity contribution in [1.29, 1.82) is 0 Å². The lowest BCUT2D eigenvalue weighted by Crippen LogP contribution is -2.29. The van der Waals surface area contributed by atoms with Crippen LogP contribution >= 0.6 is 11.6 Å². The van der Waals surface area contributed by atoms with Gasteiger partial charge in [0.05, 0.1) is 12.5 Å². The van der Waals surface area contributed by atoms with Crippen molar-refractivity contribution in [3.05, 3.63) is 65.4 Å². The molecular weight excluding hydrogens is 382 g/mol. The maximum Gasteiger partial charge on any atom is 0.262 e. The van der Waals surface area contributed by atoms with Crippen LogP contribution in [0.25, 0.3) is 0 Å². The Morgan fingerprint density at radius 3 is 2.89 bits per heavy atom. The first-order valence-corrected chi connectivity index (χ1v) is 8.94. The molecule has 28 heavy (non-hydrogen) atoms. The standard InChI is InChI=1S/C19H16ClN5O3/c20-13-2-1-3-14(8-13)23-18(27)10-28-15-6-4-12(5-7-15)16-9-17(26)24-19-21-11-22-25(16)19/h1-8,11,16H,9-10H2,(H,23,27)(H,21,22,24,26)/t16-/m1/s1. The predicted molar refractivity (Wildman–Crippen MR) is 103 cm³/mol. The second-order valence-electron chi connectivity index (χ2n) is 6.21. The molecule has 9 heteroatoms. The molecule has 0 radical (unpaired) electrons. The highest BCUT2D eigenvalue weighted by atomic mass is 35.5. The number of ether oxygens (including phenoxy) is 1. The van der Waals surface area contributed by atoms with E-state index in [-0.39, 0.29) is 30.9 Å². The zero-order valence-electron chi connectivity index (χ0n) is 14.6. The maximum atomic E-state index is 12.0. The maximum absolute atomic E-state index is 12.0. The van der Waals surface area contributed by atoms with E-state index in [9.17, 15) is 9.59 Å². The van der Waals surface area contributed by atoms with Crippen LogP contribution in [0.15, 0.2) is 54.9 Å². The van der Waals surface area contributed by atoms with Crippen LogP contribution in [0.2, 0.25) is 5.02 Å². The topological polar surface area (TPSA) is 98.1 Å². The lowest BCUT2D eigenvalue weighted by Gasteiger charge is -2.23. The highest BCUT2D eigenvalue weighted by molar-refractivity contribution is 6.30. The molecule has 1 aliphatic heterocycles. The monoisotopic (exact) mass is 397 g/mol. The molecule has 1 aliphatic rings. The number of amides is 2. The second-order valence-corrected chi connectivity index (χ2v) is 6.65. The number of anilines is 2. The Labute approximate surface area is 165 Å². The lowest BCUT2D eigenvalue weighted by molar-refractivity contribution is -0.118. The molecule has 0 saturated carbocycles. The summed E-state index contributed by atoms with van der Waals surface area (Å²) in [5, 5.41) is 10.1. The first-order chi connectivity index (χ1) is 13.6. The molecule has 3 aromatic rings. The van der Waals surface area contributed by atoms with E-state index >= 15 is 0 Å². The Bertz CT molecular complexity index is 1020. The van der Waals surface area contributed by atoms with Gasteiger partial charge in [0.15, 0.2) is 6.61 Å². The quantitative estimate of drug-likeness (QED) is 0.689. The van der Waals surface area contributed by atoms with Crippen molar-refractivity contribution in [3.63, 3.8) is 0 Å². The van der Waals surface area contributed by atoms with Gasteiger partial charge in [0.1, 0.15) is 12.1 Å². The average molecular weight is 398 g/mol. The van der Waals surface area contributed by atoms with Crippen LogP contribution in [-0.4, -0.2) is 33.2 Å². The summed E-state index contributed by atoms with van der Waals surface area (Å²) in [4.78, 5) is 27.9. The molecule has 0 saturated heterocycles. The van der Waals surface area contributed by atoms with Crippen molar-refractivity contribution in [2.75, 3.05) is 17.2 Å². The van der Waals surface area contributed by atoms with E-state index in [4.69, 9.17) is 16.3 Å². The minimum Gasteiger partial charge on any atom is -0.484 e. The van der Waals surface area contributed by atoms with Crippen LogP contribution in [0.3, 0.4) is 0 Å². The zero-order valence-corrected chi connectivity index (χ0v) is 15.4. The number of carbonyl (C=O) groups excluding carboxylic acids is 2. The SMILES string of the molecule is O=C(COc1ccc([C@H]2CC(=O)Nc3ncnn32)cc1)Nc1cccc(Cl)c1. The number of aromatic nitrogens is 3. The van der Waals surface area contributed by atoms with Gasteiger partial charge in [-0.1, -0.05) is 29.8 Å². The minimum atomic E-state index is -0.289. The van der Waals surface area contributed by atoms with Crippen molar-refractivity contribution in [2.45, 2.75) is 12.5 Å². The van der Waals surface area contributed by atoms with Crippen LogP contribution in [0.4, 0.5) is 11.6 Å². The van der Waals surface area contributed by atoms with Crippen LogP contribution in [0.1, 0.15) is 18.0 Å². The molecule has 1 atom stereocenters. The number of carbonyl (C=O) groups is 2. The fourth-order valence-corrected chi connectivity index (χ4v) is 3.15. The molecule has 142 valence electrons. The summed E-state index contributed by atoms with van der Waals surface area (Å²) in [6.07, 6.45) is 1.68. The molecular formula is C19H16ClN5O3. The fraction of sp³-hybridized carbons (Fsp3) is 0.158. The summed E-state index contributed by atoms with van der Waals surface area (Å²) in [5.74, 6) is 0.578. The van der Waals surface area contributed by atoms with Gasteiger partial charge in [-0.05, 0) is 35.9 Å². The molecule has 4 rings (SSSR count). The van der Waals surface area contributed by atoms with Gasteiger partial charge in [0.2, 0.25) is 11.9 Å². The van der Waals surface area contributed by atoms with E-state index in [2.05, 4.69) is 20.7 Å². The van der Waals surface area contributed by atoms with Gasteiger partial charge in [-0.2, -0.15) is 10.1 Å². The Balaban J connectivity index is 1.38. The van der Waals surface area contributed by atoms with E-state index in [1.54, 1.807) is 41.1 Å². The number of fused-ring (bicyclic) bond motifs is 1. The van der Waals surface area contributed by atoms with Gasteiger partial charge in [-0.25, -0.2) is 4.68 Å². The number of nitrogens with one attached hydrogen (secondary N) is 2. The number of hydrogen-bond donors (Lipinski definition) is 2. The second kappa shape index (κ2) is 7.69. The number of benzene rings is 2. The van der Waals surface area contributed by atoms with Crippen molar-refractivity contribution < 1.29 is 14.3 Å². The Morgan fingerprint density at radius 2 is 2.11 bits per heavy atom. The van der Waals surface area contributed by atoms with Gasteiger partial charge < -0.3 is 10.1 Å². The molecule has 0 bridgehead atoms. The molecule has 2 N–H and O–H groups in total. The third-order valence-electron chi connectivity index (χ3n) is 4.24. The Hall–Kier alpha value is -3.39. The first-order valence-electron chi connectivity index (χ1n) is 8.56. The predicted octanol–water partition coefficient (Wildman–Crippen LogP) is 2.88. The summed E-state index contributed by atoms with van der Waals surface area (Å²) < 4.78 is 7.21. The molecule has 0 fully saturated rings. The van der Waals surface area contributed by atoms with Crippen molar-refractivity contribution >= 4 is 35.1 Å². The summed E-state index contributed by atoms with van der Waals surface area (Å²) in [6.45, 7) is -0.134. The largest absolute Gasteiger partial charge is 0.484 e. The number of halogens is 1. The Morgan fingerprint density at radius 1 is 1.29 bits per heavy atom. The molecule has 0 aliphatic carbocycles. The number of rotatable bonds is 5. The summed E-state index contributed by atoms with van der Waals surface area (Å²) >= 11 is 5.90. The van der Waals surface area contributed by atoms with Gasteiger partial charge in [-0.3, -0.25) is 14.9 Å². The van der Waals surface area contributed by atoms with Gasteiger partial charge in [0.25, 0.3) is 5.91 Å². The highest BCUT2D eigenvalue weighted by Gasteiger charge is 2.27. The molecule has 0 unspecified atom stereocenters. The van der Waals surface area contributed by atoms with Gasteiger partial charge in [0, 0.05) is 10.7 Å². The highest BCUT2D eigenvalue weighted by Crippen LogP contribution is 2.29.